The molecule has 7 nitrogen and oxygen atoms in total. The first-order chi connectivity index (χ1) is 12.7. The van der Waals surface area contributed by atoms with Crippen molar-refractivity contribution in [1.82, 2.24) is 4.90 Å². The van der Waals surface area contributed by atoms with E-state index in [0.717, 1.165) is 18.5 Å². The van der Waals surface area contributed by atoms with Crippen LogP contribution >= 0.6 is 0 Å². The molecule has 8 heteroatoms. The van der Waals surface area contributed by atoms with Crippen LogP contribution in [0.3, 0.4) is 0 Å². The summed E-state index contributed by atoms with van der Waals surface area (Å²) in [7, 11) is 0. The molecule has 1 aliphatic heterocycles. The number of nitrogens with one attached hydrogen (secondary N) is 2. The molecule has 1 unspecified atom stereocenters. The van der Waals surface area contributed by atoms with Gasteiger partial charge < -0.3 is 30.5 Å². The Balaban J connectivity index is 1.92. The second-order valence-electron chi connectivity index (χ2n) is 7.79. The van der Waals surface area contributed by atoms with Gasteiger partial charge in [-0.1, -0.05) is 0 Å². The monoisotopic (exact) mass is 383 g/mol. The Bertz CT molecular complexity index is 628. The lowest BCUT2D eigenvalue weighted by atomic mass is 10.0. The number of piperidine rings is 1. The summed E-state index contributed by atoms with van der Waals surface area (Å²) in [6.07, 6.45) is 0.270. The van der Waals surface area contributed by atoms with Crippen LogP contribution in [-0.4, -0.2) is 65.2 Å². The summed E-state index contributed by atoms with van der Waals surface area (Å²) >= 11 is 0. The zero-order valence-corrected chi connectivity index (χ0v) is 16.2. The molecule has 1 aromatic rings. The minimum absolute atomic E-state index is 0.117. The highest BCUT2D eigenvalue weighted by Crippen LogP contribution is 2.26. The van der Waals surface area contributed by atoms with Crippen molar-refractivity contribution in [2.24, 2.45) is 0 Å². The molecule has 27 heavy (non-hydrogen) atoms. The van der Waals surface area contributed by atoms with Crippen LogP contribution in [0, 0.1) is 5.82 Å². The Labute approximate surface area is 159 Å². The molecule has 0 aliphatic carbocycles. The van der Waals surface area contributed by atoms with E-state index in [1.54, 1.807) is 11.0 Å². The van der Waals surface area contributed by atoms with Gasteiger partial charge in [-0.15, -0.1) is 0 Å². The molecule has 1 heterocycles. The molecule has 0 aromatic heterocycles. The van der Waals surface area contributed by atoms with E-state index < -0.39 is 11.7 Å². The molecule has 0 bridgehead atoms. The van der Waals surface area contributed by atoms with Gasteiger partial charge in [0, 0.05) is 25.7 Å². The fourth-order valence-electron chi connectivity index (χ4n) is 2.83. The van der Waals surface area contributed by atoms with Crippen LogP contribution in [0.25, 0.3) is 0 Å². The number of benzene rings is 1. The van der Waals surface area contributed by atoms with Gasteiger partial charge in [-0.3, -0.25) is 0 Å². The highest BCUT2D eigenvalue weighted by molar-refractivity contribution is 5.70. The zero-order valence-electron chi connectivity index (χ0n) is 16.2. The summed E-state index contributed by atoms with van der Waals surface area (Å²) in [4.78, 5) is 13.8. The molecule has 1 amide bonds. The van der Waals surface area contributed by atoms with Gasteiger partial charge in [-0.2, -0.15) is 0 Å². The fraction of sp³-hybridized carbons (Fsp3) is 0.632. The second kappa shape index (κ2) is 9.23. The molecule has 152 valence electrons. The molecule has 2 rings (SSSR count). The second-order valence-corrected chi connectivity index (χ2v) is 7.79. The van der Waals surface area contributed by atoms with Crippen LogP contribution in [0.4, 0.5) is 20.6 Å². The highest BCUT2D eigenvalue weighted by atomic mass is 19.1. The SMILES string of the molecule is CC(C)(C)OC(=O)N1CCC(Nc2ccc(F)cc2NCC(O)CO)CC1. The van der Waals surface area contributed by atoms with Crippen molar-refractivity contribution in [3.63, 3.8) is 0 Å². The van der Waals surface area contributed by atoms with E-state index in [1.165, 1.54) is 12.1 Å². The van der Waals surface area contributed by atoms with Gasteiger partial charge in [0.25, 0.3) is 0 Å². The summed E-state index contributed by atoms with van der Waals surface area (Å²) in [6.45, 7) is 6.45. The minimum Gasteiger partial charge on any atom is -0.444 e. The van der Waals surface area contributed by atoms with Gasteiger partial charge in [0.1, 0.15) is 11.4 Å². The molecule has 1 aromatic carbocycles. The van der Waals surface area contributed by atoms with Crippen molar-refractivity contribution in [3.05, 3.63) is 24.0 Å². The molecule has 1 aliphatic rings. The topological polar surface area (TPSA) is 94.1 Å². The highest BCUT2D eigenvalue weighted by Gasteiger charge is 2.27. The number of anilines is 2. The summed E-state index contributed by atoms with van der Waals surface area (Å²) in [6, 6.07) is 4.49. The quantitative estimate of drug-likeness (QED) is 0.603. The van der Waals surface area contributed by atoms with Gasteiger partial charge in [0.05, 0.1) is 24.1 Å². The van der Waals surface area contributed by atoms with E-state index in [4.69, 9.17) is 9.84 Å². The number of aliphatic hydroxyl groups is 2. The van der Waals surface area contributed by atoms with E-state index in [-0.39, 0.29) is 31.1 Å². The summed E-state index contributed by atoms with van der Waals surface area (Å²) in [5.41, 5.74) is 0.731. The minimum atomic E-state index is -0.918. The lowest BCUT2D eigenvalue weighted by Crippen LogP contribution is -2.44. The number of ether oxygens (including phenoxy) is 1. The lowest BCUT2D eigenvalue weighted by molar-refractivity contribution is 0.0210. The Kier molecular flexibility index (Phi) is 7.26. The molecule has 1 atom stereocenters. The van der Waals surface area contributed by atoms with E-state index >= 15 is 0 Å². The first-order valence-electron chi connectivity index (χ1n) is 9.25. The number of aliphatic hydroxyl groups excluding tert-OH is 2. The van der Waals surface area contributed by atoms with Crippen molar-refractivity contribution in [1.29, 1.82) is 0 Å². The smallest absolute Gasteiger partial charge is 0.410 e. The Morgan fingerprint density at radius 1 is 1.33 bits per heavy atom. The summed E-state index contributed by atoms with van der Waals surface area (Å²) in [5, 5.41) is 24.7. The van der Waals surface area contributed by atoms with Crippen LogP contribution in [-0.2, 0) is 4.74 Å². The molecular weight excluding hydrogens is 353 g/mol. The fourth-order valence-corrected chi connectivity index (χ4v) is 2.83. The maximum Gasteiger partial charge on any atom is 0.410 e. The van der Waals surface area contributed by atoms with Crippen LogP contribution in [0.5, 0.6) is 0 Å². The van der Waals surface area contributed by atoms with Gasteiger partial charge in [0.15, 0.2) is 0 Å². The Morgan fingerprint density at radius 3 is 2.59 bits per heavy atom. The third-order valence-corrected chi connectivity index (χ3v) is 4.23. The van der Waals surface area contributed by atoms with Crippen molar-refractivity contribution in [2.45, 2.75) is 51.4 Å². The number of likely N-dealkylation sites (tertiary alicyclic amines) is 1. The van der Waals surface area contributed by atoms with Crippen molar-refractivity contribution >= 4 is 17.5 Å². The number of carbonyl (C=O) groups is 1. The van der Waals surface area contributed by atoms with Crippen LogP contribution < -0.4 is 10.6 Å². The number of hydrogen-bond acceptors (Lipinski definition) is 6. The first-order valence-corrected chi connectivity index (χ1v) is 9.25. The summed E-state index contributed by atoms with van der Waals surface area (Å²) < 4.78 is 19.0. The summed E-state index contributed by atoms with van der Waals surface area (Å²) in [5.74, 6) is -0.388. The van der Waals surface area contributed by atoms with E-state index in [2.05, 4.69) is 10.6 Å². The molecule has 0 saturated carbocycles. The van der Waals surface area contributed by atoms with Crippen LogP contribution in [0.15, 0.2) is 18.2 Å². The average molecular weight is 383 g/mol. The van der Waals surface area contributed by atoms with Crippen LogP contribution in [0.2, 0.25) is 0 Å². The number of rotatable bonds is 6. The number of halogens is 1. The normalized spacial score (nSPS) is 16.7. The van der Waals surface area contributed by atoms with Crippen molar-refractivity contribution in [2.75, 3.05) is 36.9 Å². The standard InChI is InChI=1S/C19H30FN3O4/c1-19(2,3)27-18(26)23-8-6-14(7-9-23)22-16-5-4-13(20)10-17(16)21-11-15(25)12-24/h4-5,10,14-15,21-22,24-25H,6-9,11-12H2,1-3H3. The van der Waals surface area contributed by atoms with Gasteiger partial charge in [-0.05, 0) is 51.8 Å². The number of nitrogens with zero attached hydrogens (tertiary/aromatic N) is 1. The predicted octanol–water partition coefficient (Wildman–Crippen LogP) is 2.40. The molecule has 0 radical (unpaired) electrons. The van der Waals surface area contributed by atoms with Crippen molar-refractivity contribution < 1.29 is 24.1 Å². The third-order valence-electron chi connectivity index (χ3n) is 4.23. The zero-order chi connectivity index (χ0) is 20.0. The number of carbonyl (C=O) groups excluding carboxylic acids is 1. The van der Waals surface area contributed by atoms with Crippen LogP contribution in [0.1, 0.15) is 33.6 Å². The number of amides is 1. The largest absolute Gasteiger partial charge is 0.444 e. The Hall–Kier alpha value is -2.06. The van der Waals surface area contributed by atoms with E-state index in [1.807, 2.05) is 20.8 Å². The first kappa shape index (κ1) is 21.2. The van der Waals surface area contributed by atoms with E-state index in [0.29, 0.717) is 18.8 Å². The molecule has 4 N–H and O–H groups in total. The number of hydrogen-bond donors (Lipinski definition) is 4. The van der Waals surface area contributed by atoms with Gasteiger partial charge >= 0.3 is 6.09 Å². The molecule has 0 spiro atoms. The van der Waals surface area contributed by atoms with Crippen molar-refractivity contribution in [3.8, 4) is 0 Å². The third kappa shape index (κ3) is 6.88. The maximum absolute atomic E-state index is 13.6. The molecular formula is C19H30FN3O4. The van der Waals surface area contributed by atoms with E-state index in [9.17, 15) is 14.3 Å². The van der Waals surface area contributed by atoms with Gasteiger partial charge in [-0.25, -0.2) is 9.18 Å². The van der Waals surface area contributed by atoms with Gasteiger partial charge in [0.2, 0.25) is 0 Å². The predicted molar refractivity (Wildman–Crippen MR) is 102 cm³/mol. The Morgan fingerprint density at radius 2 is 2.00 bits per heavy atom. The molecule has 1 saturated heterocycles. The average Bonchev–Trinajstić information content (AvgIpc) is 2.60. The maximum atomic E-state index is 13.6. The lowest BCUT2D eigenvalue weighted by Gasteiger charge is -2.34. The molecule has 1 fully saturated rings.